The fraction of sp³-hybridized carbons (Fsp3) is 0.250. The number of carbonyl (C=O) groups excluding carboxylic acids is 1. The molecule has 0 spiro atoms. The van der Waals surface area contributed by atoms with Gasteiger partial charge in [-0.1, -0.05) is 41.6 Å². The van der Waals surface area contributed by atoms with E-state index in [9.17, 15) is 4.79 Å². The van der Waals surface area contributed by atoms with Gasteiger partial charge in [-0.15, -0.1) is 10.2 Å². The number of aryl methyl sites for hydroxylation is 2. The zero-order valence-electron chi connectivity index (χ0n) is 18.6. The molecule has 4 heterocycles. The summed E-state index contributed by atoms with van der Waals surface area (Å²) in [5, 5.41) is 15.4. The van der Waals surface area contributed by atoms with E-state index in [1.165, 1.54) is 17.3 Å². The van der Waals surface area contributed by atoms with Crippen LogP contribution in [-0.2, 0) is 11.8 Å². The Hall–Kier alpha value is -3.59. The average Bonchev–Trinajstić information content (AvgIpc) is 3.60. The third-order valence-electron chi connectivity index (χ3n) is 5.68. The number of thioether (sulfide) groups is 1. The lowest BCUT2D eigenvalue weighted by Gasteiger charge is -2.19. The van der Waals surface area contributed by atoms with E-state index < -0.39 is 0 Å². The van der Waals surface area contributed by atoms with Crippen LogP contribution in [0.15, 0.2) is 74.1 Å². The maximum absolute atomic E-state index is 13.2. The van der Waals surface area contributed by atoms with Gasteiger partial charge in [0.05, 0.1) is 29.6 Å². The highest BCUT2D eigenvalue weighted by atomic mass is 32.2. The van der Waals surface area contributed by atoms with Gasteiger partial charge < -0.3 is 13.4 Å². The predicted molar refractivity (Wildman–Crippen MR) is 125 cm³/mol. The van der Waals surface area contributed by atoms with Crippen molar-refractivity contribution >= 4 is 23.4 Å². The second-order valence-corrected chi connectivity index (χ2v) is 8.87. The molecule has 3 aromatic heterocycles. The lowest BCUT2D eigenvalue weighted by Crippen LogP contribution is -2.28. The molecule has 5 rings (SSSR count). The Kier molecular flexibility index (Phi) is 5.63. The van der Waals surface area contributed by atoms with Gasteiger partial charge in [0.2, 0.25) is 0 Å². The Morgan fingerprint density at radius 3 is 2.61 bits per heavy atom. The number of hydrogen-bond acceptors (Lipinski definition) is 7. The highest BCUT2D eigenvalue weighted by Crippen LogP contribution is 2.34. The minimum Gasteiger partial charge on any atom is -0.469 e. The van der Waals surface area contributed by atoms with Crippen molar-refractivity contribution in [3.8, 4) is 11.4 Å². The molecule has 0 saturated heterocycles. The van der Waals surface area contributed by atoms with E-state index >= 15 is 0 Å². The predicted octanol–water partition coefficient (Wildman–Crippen LogP) is 4.75. The SMILES string of the molecule is Cc1ccc(C2=NN(C(=O)CSc3nnc(-c4ccoc4C)n3C)[C@H](c3ccco3)C2)cc1. The van der Waals surface area contributed by atoms with Gasteiger partial charge in [-0.25, -0.2) is 5.01 Å². The van der Waals surface area contributed by atoms with E-state index in [-0.39, 0.29) is 17.7 Å². The number of carbonyl (C=O) groups is 1. The van der Waals surface area contributed by atoms with Crippen molar-refractivity contribution in [2.24, 2.45) is 12.1 Å². The van der Waals surface area contributed by atoms with Crippen molar-refractivity contribution in [3.05, 3.63) is 77.6 Å². The number of nitrogens with zero attached hydrogens (tertiary/aromatic N) is 5. The lowest BCUT2D eigenvalue weighted by molar-refractivity contribution is -0.130. The first-order valence-corrected chi connectivity index (χ1v) is 11.6. The topological polar surface area (TPSA) is 89.7 Å². The third kappa shape index (κ3) is 4.11. The summed E-state index contributed by atoms with van der Waals surface area (Å²) in [5.41, 5.74) is 3.94. The highest BCUT2D eigenvalue weighted by molar-refractivity contribution is 7.99. The first kappa shape index (κ1) is 21.3. The Labute approximate surface area is 195 Å². The maximum atomic E-state index is 13.2. The number of hydrazone groups is 1. The van der Waals surface area contributed by atoms with Gasteiger partial charge in [-0.3, -0.25) is 4.79 Å². The summed E-state index contributed by atoms with van der Waals surface area (Å²) >= 11 is 1.33. The second kappa shape index (κ2) is 8.74. The van der Waals surface area contributed by atoms with Crippen LogP contribution in [0.4, 0.5) is 0 Å². The smallest absolute Gasteiger partial charge is 0.253 e. The van der Waals surface area contributed by atoms with Crippen LogP contribution in [0.1, 0.15) is 35.1 Å². The van der Waals surface area contributed by atoms with Crippen LogP contribution >= 0.6 is 11.8 Å². The van der Waals surface area contributed by atoms with Crippen LogP contribution in [0.5, 0.6) is 0 Å². The number of amides is 1. The van der Waals surface area contributed by atoms with Crippen LogP contribution in [0, 0.1) is 13.8 Å². The molecule has 9 heteroatoms. The molecule has 0 aliphatic carbocycles. The molecular weight excluding hydrogens is 438 g/mol. The second-order valence-electron chi connectivity index (χ2n) is 7.93. The summed E-state index contributed by atoms with van der Waals surface area (Å²) in [5.74, 6) is 2.25. The summed E-state index contributed by atoms with van der Waals surface area (Å²) in [6, 6.07) is 13.5. The van der Waals surface area contributed by atoms with Crippen molar-refractivity contribution < 1.29 is 13.6 Å². The summed E-state index contributed by atoms with van der Waals surface area (Å²) in [4.78, 5) is 13.2. The number of benzene rings is 1. The number of furan rings is 2. The molecule has 0 bridgehead atoms. The highest BCUT2D eigenvalue weighted by Gasteiger charge is 2.35. The zero-order chi connectivity index (χ0) is 22.9. The van der Waals surface area contributed by atoms with Crippen LogP contribution in [0.25, 0.3) is 11.4 Å². The van der Waals surface area contributed by atoms with Gasteiger partial charge >= 0.3 is 0 Å². The Balaban J connectivity index is 1.35. The molecule has 8 nitrogen and oxygen atoms in total. The lowest BCUT2D eigenvalue weighted by atomic mass is 10.0. The molecule has 0 N–H and O–H groups in total. The molecule has 1 aromatic carbocycles. The molecule has 0 unspecified atom stereocenters. The van der Waals surface area contributed by atoms with E-state index in [1.807, 2.05) is 67.9 Å². The van der Waals surface area contributed by atoms with E-state index in [2.05, 4.69) is 15.3 Å². The molecule has 0 radical (unpaired) electrons. The maximum Gasteiger partial charge on any atom is 0.253 e. The van der Waals surface area contributed by atoms with Crippen LogP contribution in [-0.4, -0.2) is 37.1 Å². The summed E-state index contributed by atoms with van der Waals surface area (Å²) < 4.78 is 12.9. The zero-order valence-corrected chi connectivity index (χ0v) is 19.4. The fourth-order valence-electron chi connectivity index (χ4n) is 3.85. The standard InChI is InChI=1S/C24H23N5O3S/c1-15-6-8-17(9-7-15)19-13-20(21-5-4-11-32-21)29(27-19)22(30)14-33-24-26-25-23(28(24)3)18-10-12-31-16(18)2/h4-12,20H,13-14H2,1-3H3/t20-/m0/s1. The van der Waals surface area contributed by atoms with Crippen molar-refractivity contribution in [3.63, 3.8) is 0 Å². The van der Waals surface area contributed by atoms with Gasteiger partial charge in [0.25, 0.3) is 5.91 Å². The number of aromatic nitrogens is 3. The third-order valence-corrected chi connectivity index (χ3v) is 6.69. The molecule has 4 aromatic rings. The summed E-state index contributed by atoms with van der Waals surface area (Å²) in [6.45, 7) is 3.93. The van der Waals surface area contributed by atoms with Crippen molar-refractivity contribution in [2.45, 2.75) is 31.5 Å². The molecule has 1 amide bonds. The van der Waals surface area contributed by atoms with Gasteiger partial charge in [0.1, 0.15) is 17.6 Å². The fourth-order valence-corrected chi connectivity index (χ4v) is 4.61. The quantitative estimate of drug-likeness (QED) is 0.385. The molecule has 0 saturated carbocycles. The van der Waals surface area contributed by atoms with E-state index in [4.69, 9.17) is 8.83 Å². The van der Waals surface area contributed by atoms with Crippen molar-refractivity contribution in [1.82, 2.24) is 19.8 Å². The van der Waals surface area contributed by atoms with Crippen LogP contribution in [0.3, 0.4) is 0 Å². The Morgan fingerprint density at radius 1 is 1.09 bits per heavy atom. The van der Waals surface area contributed by atoms with Gasteiger partial charge in [-0.05, 0) is 37.6 Å². The number of rotatable bonds is 6. The average molecular weight is 462 g/mol. The van der Waals surface area contributed by atoms with E-state index in [0.717, 1.165) is 28.4 Å². The van der Waals surface area contributed by atoms with Crippen LogP contribution in [0.2, 0.25) is 0 Å². The first-order chi connectivity index (χ1) is 16.0. The van der Waals surface area contributed by atoms with Crippen LogP contribution < -0.4 is 0 Å². The van der Waals surface area contributed by atoms with Crippen molar-refractivity contribution in [1.29, 1.82) is 0 Å². The first-order valence-electron chi connectivity index (χ1n) is 10.6. The summed E-state index contributed by atoms with van der Waals surface area (Å²) in [7, 11) is 1.88. The summed E-state index contributed by atoms with van der Waals surface area (Å²) in [6.07, 6.45) is 3.85. The largest absolute Gasteiger partial charge is 0.469 e. The Morgan fingerprint density at radius 2 is 1.91 bits per heavy atom. The molecule has 168 valence electrons. The van der Waals surface area contributed by atoms with Gasteiger partial charge in [-0.2, -0.15) is 5.10 Å². The molecule has 33 heavy (non-hydrogen) atoms. The van der Waals surface area contributed by atoms with Crippen molar-refractivity contribution in [2.75, 3.05) is 5.75 Å². The number of hydrogen-bond donors (Lipinski definition) is 0. The molecule has 1 atom stereocenters. The molecule has 1 aliphatic heterocycles. The minimum absolute atomic E-state index is 0.118. The molecule has 1 aliphatic rings. The Bertz CT molecular complexity index is 1300. The van der Waals surface area contributed by atoms with E-state index in [0.29, 0.717) is 17.4 Å². The molecular formula is C24H23N5O3S. The van der Waals surface area contributed by atoms with Gasteiger partial charge in [0.15, 0.2) is 11.0 Å². The monoisotopic (exact) mass is 461 g/mol. The molecule has 0 fully saturated rings. The van der Waals surface area contributed by atoms with E-state index in [1.54, 1.807) is 17.5 Å². The minimum atomic E-state index is -0.270. The normalized spacial score (nSPS) is 15.8. The van der Waals surface area contributed by atoms with Gasteiger partial charge in [0, 0.05) is 13.5 Å².